The van der Waals surface area contributed by atoms with Crippen LogP contribution in [0.4, 0.5) is 0 Å². The molecule has 2 heterocycles. The summed E-state index contributed by atoms with van der Waals surface area (Å²) in [5.41, 5.74) is 7.27. The van der Waals surface area contributed by atoms with Crippen LogP contribution in [0.1, 0.15) is 31.5 Å². The molecule has 0 aliphatic carbocycles. The molecule has 92 valence electrons. The number of rotatable bonds is 3. The SMILES string of the molecule is C[C@H](NNC(=S)N1CCCC1)c1ccccn1. The zero-order chi connectivity index (χ0) is 12.1. The van der Waals surface area contributed by atoms with Gasteiger partial charge in [-0.3, -0.25) is 10.4 Å². The third-order valence-corrected chi connectivity index (χ3v) is 3.28. The van der Waals surface area contributed by atoms with Crippen LogP contribution in [0.2, 0.25) is 0 Å². The monoisotopic (exact) mass is 250 g/mol. The fourth-order valence-electron chi connectivity index (χ4n) is 1.88. The van der Waals surface area contributed by atoms with Gasteiger partial charge in [0.25, 0.3) is 0 Å². The number of hydrogen-bond donors (Lipinski definition) is 2. The van der Waals surface area contributed by atoms with Crippen LogP contribution < -0.4 is 10.9 Å². The molecule has 1 aliphatic rings. The highest BCUT2D eigenvalue weighted by molar-refractivity contribution is 7.80. The number of likely N-dealkylation sites (tertiary alicyclic amines) is 1. The molecule has 0 radical (unpaired) electrons. The van der Waals surface area contributed by atoms with Gasteiger partial charge in [0, 0.05) is 19.3 Å². The number of aromatic nitrogens is 1. The molecule has 0 amide bonds. The molecule has 2 rings (SSSR count). The predicted molar refractivity (Wildman–Crippen MR) is 72.3 cm³/mol. The molecule has 0 saturated carbocycles. The Bertz CT molecular complexity index is 362. The number of nitrogens with one attached hydrogen (secondary N) is 2. The van der Waals surface area contributed by atoms with Crippen LogP contribution in [0.3, 0.4) is 0 Å². The van der Waals surface area contributed by atoms with Crippen LogP contribution >= 0.6 is 12.2 Å². The van der Waals surface area contributed by atoms with E-state index in [9.17, 15) is 0 Å². The van der Waals surface area contributed by atoms with Crippen molar-refractivity contribution in [1.29, 1.82) is 0 Å². The summed E-state index contributed by atoms with van der Waals surface area (Å²) in [6.07, 6.45) is 4.27. The molecule has 1 aromatic heterocycles. The van der Waals surface area contributed by atoms with E-state index in [1.54, 1.807) is 6.20 Å². The van der Waals surface area contributed by atoms with Crippen LogP contribution in [0.15, 0.2) is 24.4 Å². The Kier molecular flexibility index (Phi) is 4.28. The lowest BCUT2D eigenvalue weighted by Gasteiger charge is -2.22. The average molecular weight is 250 g/mol. The topological polar surface area (TPSA) is 40.2 Å². The molecule has 0 aromatic carbocycles. The molecular formula is C12H18N4S. The maximum atomic E-state index is 5.31. The largest absolute Gasteiger partial charge is 0.348 e. The fraction of sp³-hybridized carbons (Fsp3) is 0.500. The quantitative estimate of drug-likeness (QED) is 0.630. The van der Waals surface area contributed by atoms with Gasteiger partial charge in [0.05, 0.1) is 11.7 Å². The van der Waals surface area contributed by atoms with Crippen LogP contribution in [0, 0.1) is 0 Å². The fourth-order valence-corrected chi connectivity index (χ4v) is 2.12. The third kappa shape index (κ3) is 3.38. The Labute approximate surface area is 107 Å². The zero-order valence-corrected chi connectivity index (χ0v) is 10.8. The molecule has 2 N–H and O–H groups in total. The van der Waals surface area contributed by atoms with Gasteiger partial charge in [-0.1, -0.05) is 6.07 Å². The van der Waals surface area contributed by atoms with Crippen molar-refractivity contribution < 1.29 is 0 Å². The van der Waals surface area contributed by atoms with Gasteiger partial charge in [0.2, 0.25) is 0 Å². The van der Waals surface area contributed by atoms with Crippen LogP contribution in [0.25, 0.3) is 0 Å². The first-order chi connectivity index (χ1) is 8.27. The Balaban J connectivity index is 1.80. The minimum absolute atomic E-state index is 0.136. The van der Waals surface area contributed by atoms with Crippen LogP contribution in [0.5, 0.6) is 0 Å². The van der Waals surface area contributed by atoms with Gasteiger partial charge in [0.1, 0.15) is 0 Å². The van der Waals surface area contributed by atoms with Crippen molar-refractivity contribution in [3.63, 3.8) is 0 Å². The Hall–Kier alpha value is -1.20. The van der Waals surface area contributed by atoms with Gasteiger partial charge in [-0.2, -0.15) is 0 Å². The standard InChI is InChI=1S/C12H18N4S/c1-10(11-6-2-3-7-13-11)14-15-12(17)16-8-4-5-9-16/h2-3,6-7,10,14H,4-5,8-9H2,1H3,(H,15,17)/t10-/m0/s1. The molecule has 1 saturated heterocycles. The van der Waals surface area contributed by atoms with Gasteiger partial charge in [-0.25, -0.2) is 5.43 Å². The maximum absolute atomic E-state index is 5.31. The zero-order valence-electron chi connectivity index (χ0n) is 10.0. The van der Waals surface area contributed by atoms with Crippen LogP contribution in [-0.4, -0.2) is 28.1 Å². The predicted octanol–water partition coefficient (Wildman–Crippen LogP) is 1.62. The second-order valence-corrected chi connectivity index (χ2v) is 4.63. The minimum Gasteiger partial charge on any atom is -0.348 e. The number of pyridine rings is 1. The van der Waals surface area contributed by atoms with Gasteiger partial charge < -0.3 is 4.90 Å². The Morgan fingerprint density at radius 3 is 2.82 bits per heavy atom. The van der Waals surface area contributed by atoms with Gasteiger partial charge >= 0.3 is 0 Å². The molecule has 0 spiro atoms. The van der Waals surface area contributed by atoms with Crippen molar-refractivity contribution in [2.45, 2.75) is 25.8 Å². The third-order valence-electron chi connectivity index (χ3n) is 2.92. The van der Waals surface area contributed by atoms with Crippen LogP contribution in [-0.2, 0) is 0 Å². The first kappa shape index (κ1) is 12.3. The lowest BCUT2D eigenvalue weighted by Crippen LogP contribution is -2.46. The van der Waals surface area contributed by atoms with Gasteiger partial charge in [-0.05, 0) is 44.1 Å². The van der Waals surface area contributed by atoms with E-state index in [1.165, 1.54) is 12.8 Å². The lowest BCUT2D eigenvalue weighted by molar-refractivity contribution is 0.460. The maximum Gasteiger partial charge on any atom is 0.183 e. The number of nitrogens with zero attached hydrogens (tertiary/aromatic N) is 2. The molecule has 17 heavy (non-hydrogen) atoms. The lowest BCUT2D eigenvalue weighted by atomic mass is 10.2. The molecule has 0 unspecified atom stereocenters. The van der Waals surface area contributed by atoms with Crippen molar-refractivity contribution in [3.05, 3.63) is 30.1 Å². The van der Waals surface area contributed by atoms with Crippen molar-refractivity contribution in [2.75, 3.05) is 13.1 Å². The summed E-state index contributed by atoms with van der Waals surface area (Å²) < 4.78 is 0. The van der Waals surface area contributed by atoms with E-state index in [0.717, 1.165) is 23.9 Å². The van der Waals surface area contributed by atoms with E-state index in [0.29, 0.717) is 0 Å². The van der Waals surface area contributed by atoms with E-state index >= 15 is 0 Å². The van der Waals surface area contributed by atoms with Crippen molar-refractivity contribution in [2.24, 2.45) is 0 Å². The second kappa shape index (κ2) is 5.93. The summed E-state index contributed by atoms with van der Waals surface area (Å²) >= 11 is 5.31. The summed E-state index contributed by atoms with van der Waals surface area (Å²) in [6, 6.07) is 6.03. The average Bonchev–Trinajstić information content (AvgIpc) is 2.90. The van der Waals surface area contributed by atoms with Gasteiger partial charge in [-0.15, -0.1) is 0 Å². The molecule has 1 aliphatic heterocycles. The minimum atomic E-state index is 0.136. The van der Waals surface area contributed by atoms with E-state index < -0.39 is 0 Å². The Morgan fingerprint density at radius 2 is 2.18 bits per heavy atom. The molecular weight excluding hydrogens is 232 g/mol. The van der Waals surface area contributed by atoms with Crippen molar-refractivity contribution in [1.82, 2.24) is 20.7 Å². The molecule has 0 bridgehead atoms. The first-order valence-electron chi connectivity index (χ1n) is 5.99. The molecule has 1 aromatic rings. The number of hydrazine groups is 1. The van der Waals surface area contributed by atoms with Crippen molar-refractivity contribution in [3.8, 4) is 0 Å². The van der Waals surface area contributed by atoms with E-state index in [1.807, 2.05) is 18.2 Å². The van der Waals surface area contributed by atoms with E-state index in [2.05, 4.69) is 27.7 Å². The highest BCUT2D eigenvalue weighted by atomic mass is 32.1. The van der Waals surface area contributed by atoms with Crippen molar-refractivity contribution >= 4 is 17.3 Å². The number of hydrogen-bond acceptors (Lipinski definition) is 3. The smallest absolute Gasteiger partial charge is 0.183 e. The van der Waals surface area contributed by atoms with Gasteiger partial charge in [0.15, 0.2) is 5.11 Å². The molecule has 4 nitrogen and oxygen atoms in total. The summed E-state index contributed by atoms with van der Waals surface area (Å²) in [5.74, 6) is 0. The summed E-state index contributed by atoms with van der Waals surface area (Å²) in [7, 11) is 0. The summed E-state index contributed by atoms with van der Waals surface area (Å²) in [4.78, 5) is 6.48. The Morgan fingerprint density at radius 1 is 1.41 bits per heavy atom. The second-order valence-electron chi connectivity index (χ2n) is 4.24. The normalized spacial score (nSPS) is 16.9. The van der Waals surface area contributed by atoms with E-state index in [-0.39, 0.29) is 6.04 Å². The highest BCUT2D eigenvalue weighted by Crippen LogP contribution is 2.08. The van der Waals surface area contributed by atoms with E-state index in [4.69, 9.17) is 12.2 Å². The first-order valence-corrected chi connectivity index (χ1v) is 6.39. The molecule has 1 fully saturated rings. The summed E-state index contributed by atoms with van der Waals surface area (Å²) in [6.45, 7) is 4.18. The number of thiocarbonyl (C=S) groups is 1. The molecule has 1 atom stereocenters. The highest BCUT2D eigenvalue weighted by Gasteiger charge is 2.15. The summed E-state index contributed by atoms with van der Waals surface area (Å²) in [5, 5.41) is 0.783. The molecule has 5 heteroatoms.